The first kappa shape index (κ1) is 12.7. The number of carbonyl (C=O) groups is 1. The van der Waals surface area contributed by atoms with Gasteiger partial charge in [0, 0.05) is 0 Å². The highest BCUT2D eigenvalue weighted by Crippen LogP contribution is 2.27. The average molecular weight is 223 g/mol. The lowest BCUT2D eigenvalue weighted by molar-refractivity contribution is -0.142. The second-order valence-electron chi connectivity index (χ2n) is 4.25. The molecule has 0 atom stereocenters. The van der Waals surface area contributed by atoms with E-state index in [1.807, 2.05) is 0 Å². The number of rotatable bonds is 4. The smallest absolute Gasteiger partial charge is 0.357 e. The van der Waals surface area contributed by atoms with E-state index in [4.69, 9.17) is 4.74 Å². The quantitative estimate of drug-likeness (QED) is 0.318. The van der Waals surface area contributed by atoms with Crippen LogP contribution in [0.1, 0.15) is 39.5 Å². The molecule has 0 aliphatic heterocycles. The second-order valence-corrected chi connectivity index (χ2v) is 4.25. The van der Waals surface area contributed by atoms with Gasteiger partial charge in [0.25, 0.3) is 0 Å². The van der Waals surface area contributed by atoms with Crippen LogP contribution in [0.15, 0.2) is 16.8 Å². The van der Waals surface area contributed by atoms with Crippen LogP contribution in [0.2, 0.25) is 0 Å². The van der Waals surface area contributed by atoms with Gasteiger partial charge in [0.1, 0.15) is 0 Å². The summed E-state index contributed by atoms with van der Waals surface area (Å²) < 4.78 is 5.00. The first-order chi connectivity index (χ1) is 7.63. The third-order valence-electron chi connectivity index (χ3n) is 2.51. The predicted octanol–water partition coefficient (Wildman–Crippen LogP) is 2.35. The van der Waals surface area contributed by atoms with Gasteiger partial charge in [-0.2, -0.15) is 4.99 Å². The molecule has 0 bridgehead atoms. The van der Waals surface area contributed by atoms with Crippen molar-refractivity contribution >= 4 is 12.0 Å². The molecule has 16 heavy (non-hydrogen) atoms. The van der Waals surface area contributed by atoms with Crippen LogP contribution in [0.5, 0.6) is 0 Å². The number of nitrogens with zero attached hydrogens (tertiary/aromatic N) is 1. The van der Waals surface area contributed by atoms with Gasteiger partial charge in [-0.15, -0.1) is 0 Å². The third kappa shape index (κ3) is 3.99. The summed E-state index contributed by atoms with van der Waals surface area (Å²) in [5.41, 5.74) is 0.0931. The molecule has 1 saturated carbocycles. The Morgan fingerprint density at radius 1 is 1.44 bits per heavy atom. The van der Waals surface area contributed by atoms with E-state index >= 15 is 0 Å². The summed E-state index contributed by atoms with van der Waals surface area (Å²) in [5, 5.41) is 0. The zero-order valence-corrected chi connectivity index (χ0v) is 9.73. The largest absolute Gasteiger partial charge is 0.458 e. The van der Waals surface area contributed by atoms with E-state index in [9.17, 15) is 9.59 Å². The topological polar surface area (TPSA) is 55.7 Å². The number of allylic oxidation sites excluding steroid dienone is 1. The Kier molecular flexibility index (Phi) is 4.93. The van der Waals surface area contributed by atoms with Gasteiger partial charge in [-0.3, -0.25) is 0 Å². The van der Waals surface area contributed by atoms with E-state index in [-0.39, 0.29) is 11.8 Å². The summed E-state index contributed by atoms with van der Waals surface area (Å²) in [5.74, 6) is -0.197. The SMILES string of the molecule is CC(C)OC(=O)C(=CC1CCCC1)N=C=O. The molecule has 0 saturated heterocycles. The molecule has 0 amide bonds. The first-order valence-corrected chi connectivity index (χ1v) is 5.64. The number of aliphatic imine (C=N–C) groups is 1. The summed E-state index contributed by atoms with van der Waals surface area (Å²) in [6.45, 7) is 3.52. The summed E-state index contributed by atoms with van der Waals surface area (Å²) in [6.07, 6.45) is 7.36. The van der Waals surface area contributed by atoms with Crippen molar-refractivity contribution in [1.82, 2.24) is 0 Å². The Hall–Kier alpha value is -1.41. The Morgan fingerprint density at radius 2 is 2.06 bits per heavy atom. The lowest BCUT2D eigenvalue weighted by atomic mass is 10.1. The van der Waals surface area contributed by atoms with Gasteiger partial charge in [0.15, 0.2) is 5.70 Å². The van der Waals surface area contributed by atoms with E-state index in [0.717, 1.165) is 12.8 Å². The van der Waals surface area contributed by atoms with Gasteiger partial charge in [-0.1, -0.05) is 12.8 Å². The number of carbonyl (C=O) groups excluding carboxylic acids is 2. The highest BCUT2D eigenvalue weighted by molar-refractivity contribution is 5.89. The van der Waals surface area contributed by atoms with Crippen LogP contribution >= 0.6 is 0 Å². The van der Waals surface area contributed by atoms with Crippen molar-refractivity contribution in [3.63, 3.8) is 0 Å². The van der Waals surface area contributed by atoms with Crippen LogP contribution in [0.3, 0.4) is 0 Å². The van der Waals surface area contributed by atoms with Crippen LogP contribution in [-0.4, -0.2) is 18.2 Å². The first-order valence-electron chi connectivity index (χ1n) is 5.64. The van der Waals surface area contributed by atoms with Gasteiger partial charge in [0.05, 0.1) is 6.10 Å². The van der Waals surface area contributed by atoms with Gasteiger partial charge in [0.2, 0.25) is 6.08 Å². The Labute approximate surface area is 95.4 Å². The van der Waals surface area contributed by atoms with Gasteiger partial charge < -0.3 is 4.74 Å². The Bertz CT molecular complexity index is 321. The van der Waals surface area contributed by atoms with Gasteiger partial charge in [-0.25, -0.2) is 9.59 Å². The average Bonchev–Trinajstić information content (AvgIpc) is 2.68. The van der Waals surface area contributed by atoms with E-state index < -0.39 is 5.97 Å². The number of hydrogen-bond acceptors (Lipinski definition) is 4. The lowest BCUT2D eigenvalue weighted by Crippen LogP contribution is -2.13. The molecule has 1 rings (SSSR count). The molecular weight excluding hydrogens is 206 g/mol. The molecule has 0 spiro atoms. The van der Waals surface area contributed by atoms with Gasteiger partial charge >= 0.3 is 5.97 Å². The van der Waals surface area contributed by atoms with Crippen molar-refractivity contribution in [2.75, 3.05) is 0 Å². The van der Waals surface area contributed by atoms with Crippen LogP contribution in [0.4, 0.5) is 0 Å². The standard InChI is InChI=1S/C12H17NO3/c1-9(2)16-12(15)11(13-8-14)7-10-5-3-4-6-10/h7,9-10H,3-6H2,1-2H3. The van der Waals surface area contributed by atoms with E-state index in [2.05, 4.69) is 4.99 Å². The molecule has 1 aliphatic rings. The molecule has 0 aromatic rings. The fourth-order valence-electron chi connectivity index (χ4n) is 1.82. The maximum Gasteiger partial charge on any atom is 0.357 e. The Balaban J connectivity index is 2.72. The molecule has 0 heterocycles. The fraction of sp³-hybridized carbons (Fsp3) is 0.667. The minimum atomic E-state index is -0.537. The highest BCUT2D eigenvalue weighted by Gasteiger charge is 2.18. The number of ether oxygens (including phenoxy) is 1. The molecule has 4 nitrogen and oxygen atoms in total. The molecule has 0 aromatic carbocycles. The van der Waals surface area contributed by atoms with Crippen LogP contribution in [0.25, 0.3) is 0 Å². The molecule has 1 fully saturated rings. The lowest BCUT2D eigenvalue weighted by Gasteiger charge is -2.08. The molecule has 0 N–H and O–H groups in total. The minimum Gasteiger partial charge on any atom is -0.458 e. The molecule has 0 radical (unpaired) electrons. The summed E-state index contributed by atoms with van der Waals surface area (Å²) in [4.78, 5) is 25.2. The highest BCUT2D eigenvalue weighted by atomic mass is 16.5. The number of hydrogen-bond donors (Lipinski definition) is 0. The molecular formula is C12H17NO3. The number of esters is 1. The van der Waals surface area contributed by atoms with Crippen molar-refractivity contribution in [3.05, 3.63) is 11.8 Å². The van der Waals surface area contributed by atoms with Crippen molar-refractivity contribution in [2.45, 2.75) is 45.6 Å². The normalized spacial score (nSPS) is 17.3. The monoisotopic (exact) mass is 223 g/mol. The van der Waals surface area contributed by atoms with Crippen molar-refractivity contribution in [3.8, 4) is 0 Å². The molecule has 4 heteroatoms. The van der Waals surface area contributed by atoms with Gasteiger partial charge in [-0.05, 0) is 38.7 Å². The zero-order chi connectivity index (χ0) is 12.0. The van der Waals surface area contributed by atoms with Crippen LogP contribution in [-0.2, 0) is 14.3 Å². The maximum atomic E-state index is 11.6. The summed E-state index contributed by atoms with van der Waals surface area (Å²) >= 11 is 0. The second kappa shape index (κ2) is 6.23. The van der Waals surface area contributed by atoms with Crippen LogP contribution < -0.4 is 0 Å². The fourth-order valence-corrected chi connectivity index (χ4v) is 1.82. The molecule has 1 aliphatic carbocycles. The molecule has 0 unspecified atom stereocenters. The van der Waals surface area contributed by atoms with Crippen molar-refractivity contribution in [2.24, 2.45) is 10.9 Å². The van der Waals surface area contributed by atoms with Crippen molar-refractivity contribution < 1.29 is 14.3 Å². The Morgan fingerprint density at radius 3 is 2.56 bits per heavy atom. The van der Waals surface area contributed by atoms with Crippen molar-refractivity contribution in [1.29, 1.82) is 0 Å². The zero-order valence-electron chi connectivity index (χ0n) is 9.73. The predicted molar refractivity (Wildman–Crippen MR) is 59.4 cm³/mol. The van der Waals surface area contributed by atoms with E-state index in [1.54, 1.807) is 19.9 Å². The third-order valence-corrected chi connectivity index (χ3v) is 2.51. The summed E-state index contributed by atoms with van der Waals surface area (Å²) in [7, 11) is 0. The maximum absolute atomic E-state index is 11.6. The molecule has 0 aromatic heterocycles. The summed E-state index contributed by atoms with van der Waals surface area (Å²) in [6, 6.07) is 0. The number of isocyanates is 1. The minimum absolute atomic E-state index is 0.0931. The van der Waals surface area contributed by atoms with E-state index in [1.165, 1.54) is 18.9 Å². The molecule has 88 valence electrons. The van der Waals surface area contributed by atoms with Crippen LogP contribution in [0, 0.1) is 5.92 Å². The van der Waals surface area contributed by atoms with E-state index in [0.29, 0.717) is 5.92 Å².